The molecule has 1 aromatic carbocycles. The number of nitro benzene ring substituents is 1. The van der Waals surface area contributed by atoms with Crippen molar-refractivity contribution in [2.45, 2.75) is 77.6 Å². The van der Waals surface area contributed by atoms with Gasteiger partial charge in [-0.2, -0.15) is 0 Å². The van der Waals surface area contributed by atoms with Crippen molar-refractivity contribution in [1.82, 2.24) is 0 Å². The van der Waals surface area contributed by atoms with Gasteiger partial charge in [-0.3, -0.25) is 19.2 Å². The van der Waals surface area contributed by atoms with Gasteiger partial charge in [-0.15, -0.1) is 0 Å². The van der Waals surface area contributed by atoms with E-state index >= 15 is 0 Å². The number of phosphoric acid groups is 1. The predicted molar refractivity (Wildman–Crippen MR) is 110 cm³/mol. The molecule has 1 aliphatic rings. The molecule has 1 fully saturated rings. The summed E-state index contributed by atoms with van der Waals surface area (Å²) >= 11 is 0. The Morgan fingerprint density at radius 2 is 2.10 bits per heavy atom. The molecule has 5 atom stereocenters. The molecule has 0 radical (unpaired) electrons. The van der Waals surface area contributed by atoms with E-state index < -0.39 is 36.7 Å². The molecule has 1 aliphatic heterocycles. The van der Waals surface area contributed by atoms with E-state index in [1.54, 1.807) is 0 Å². The van der Waals surface area contributed by atoms with Crippen LogP contribution in [0.15, 0.2) is 18.2 Å². The maximum atomic E-state index is 12.7. The van der Waals surface area contributed by atoms with Gasteiger partial charge >= 0.3 is 7.82 Å². The van der Waals surface area contributed by atoms with Crippen molar-refractivity contribution >= 4 is 13.5 Å². The molecule has 0 spiro atoms. The predicted octanol–water partition coefficient (Wildman–Crippen LogP) is 3.61. The first-order chi connectivity index (χ1) is 13.8. The summed E-state index contributed by atoms with van der Waals surface area (Å²) in [5.41, 5.74) is 5.75. The maximum absolute atomic E-state index is 12.7. The van der Waals surface area contributed by atoms with E-state index in [4.69, 9.17) is 24.3 Å². The Morgan fingerprint density at radius 1 is 1.43 bits per heavy atom. The zero-order valence-electron chi connectivity index (χ0n) is 17.9. The first kappa shape index (κ1) is 24.9. The monoisotopic (exact) mass is 446 g/mol. The molecule has 1 saturated heterocycles. The summed E-state index contributed by atoms with van der Waals surface area (Å²) in [6.45, 7) is 9.32. The number of nitrogens with two attached hydrogens (primary N) is 1. The van der Waals surface area contributed by atoms with Gasteiger partial charge in [-0.05, 0) is 46.2 Å². The Kier molecular flexibility index (Phi) is 8.15. The number of hydrogen-bond donors (Lipinski definition) is 2. The zero-order valence-corrected chi connectivity index (χ0v) is 18.8. The van der Waals surface area contributed by atoms with E-state index in [-0.39, 0.29) is 30.5 Å². The number of ether oxygens (including phenoxy) is 2. The fourth-order valence-electron chi connectivity index (χ4n) is 3.19. The van der Waals surface area contributed by atoms with E-state index in [2.05, 4.69) is 0 Å². The maximum Gasteiger partial charge on any atom is 0.473 e. The van der Waals surface area contributed by atoms with Gasteiger partial charge in [-0.25, -0.2) is 4.57 Å². The van der Waals surface area contributed by atoms with Crippen molar-refractivity contribution in [3.8, 4) is 0 Å². The highest BCUT2D eigenvalue weighted by atomic mass is 31.2. The molecule has 0 saturated carbocycles. The third-order valence-corrected chi connectivity index (χ3v) is 5.71. The summed E-state index contributed by atoms with van der Waals surface area (Å²) < 4.78 is 34.8. The first-order valence-electron chi connectivity index (χ1n) is 9.77. The summed E-state index contributed by atoms with van der Waals surface area (Å²) in [6.07, 6.45) is -2.10. The van der Waals surface area contributed by atoms with E-state index in [0.717, 1.165) is 0 Å². The second kappa shape index (κ2) is 9.82. The SMILES string of the molecule is CC(OP(=O)(O)OC1C[C@H](C)O[C@@H]1COC(C)(C)C)c1cc(CN)ccc1[N+](=O)[O-]. The highest BCUT2D eigenvalue weighted by Crippen LogP contribution is 2.51. The lowest BCUT2D eigenvalue weighted by molar-refractivity contribution is -0.386. The molecule has 3 N–H and O–H groups in total. The largest absolute Gasteiger partial charge is 0.473 e. The number of rotatable bonds is 9. The van der Waals surface area contributed by atoms with E-state index in [1.165, 1.54) is 25.1 Å². The van der Waals surface area contributed by atoms with Gasteiger partial charge in [0.15, 0.2) is 0 Å². The van der Waals surface area contributed by atoms with Crippen LogP contribution >= 0.6 is 7.82 Å². The Bertz CT molecular complexity index is 797. The average Bonchev–Trinajstić information content (AvgIpc) is 2.96. The highest BCUT2D eigenvalue weighted by molar-refractivity contribution is 7.47. The van der Waals surface area contributed by atoms with Gasteiger partial charge in [0.1, 0.15) is 12.2 Å². The van der Waals surface area contributed by atoms with Crippen molar-refractivity contribution < 1.29 is 32.9 Å². The van der Waals surface area contributed by atoms with Crippen LogP contribution in [0, 0.1) is 10.1 Å². The number of benzene rings is 1. The summed E-state index contributed by atoms with van der Waals surface area (Å²) in [4.78, 5) is 21.1. The molecular formula is C19H31N2O8P. The smallest absolute Gasteiger partial charge is 0.373 e. The van der Waals surface area contributed by atoms with Crippen molar-refractivity contribution in [3.63, 3.8) is 0 Å². The Hall–Kier alpha value is -1.39. The van der Waals surface area contributed by atoms with Gasteiger partial charge in [0, 0.05) is 19.0 Å². The molecule has 30 heavy (non-hydrogen) atoms. The fourth-order valence-corrected chi connectivity index (χ4v) is 4.31. The Balaban J connectivity index is 2.12. The van der Waals surface area contributed by atoms with Crippen LogP contribution in [0.25, 0.3) is 0 Å². The van der Waals surface area contributed by atoms with Gasteiger partial charge in [-0.1, -0.05) is 6.07 Å². The van der Waals surface area contributed by atoms with Gasteiger partial charge in [0.25, 0.3) is 5.69 Å². The lowest BCUT2D eigenvalue weighted by Crippen LogP contribution is -2.33. The second-order valence-electron chi connectivity index (χ2n) is 8.36. The van der Waals surface area contributed by atoms with E-state index in [0.29, 0.717) is 12.0 Å². The zero-order chi connectivity index (χ0) is 22.7. The molecule has 3 unspecified atom stereocenters. The number of nitrogens with zero attached hydrogens (tertiary/aromatic N) is 1. The summed E-state index contributed by atoms with van der Waals surface area (Å²) in [5, 5.41) is 11.3. The fraction of sp³-hybridized carbons (Fsp3) is 0.684. The van der Waals surface area contributed by atoms with Crippen LogP contribution in [0.2, 0.25) is 0 Å². The summed E-state index contributed by atoms with van der Waals surface area (Å²) in [6, 6.07) is 4.32. The highest BCUT2D eigenvalue weighted by Gasteiger charge is 2.41. The topological polar surface area (TPSA) is 143 Å². The first-order valence-corrected chi connectivity index (χ1v) is 11.3. The third kappa shape index (κ3) is 7.09. The minimum absolute atomic E-state index is 0.143. The normalized spacial score (nSPS) is 25.1. The quantitative estimate of drug-likeness (QED) is 0.330. The van der Waals surface area contributed by atoms with Crippen LogP contribution in [-0.2, 0) is 29.6 Å². The van der Waals surface area contributed by atoms with Crippen LogP contribution < -0.4 is 5.73 Å². The van der Waals surface area contributed by atoms with E-state index in [9.17, 15) is 19.6 Å². The van der Waals surface area contributed by atoms with Crippen molar-refractivity contribution in [2.75, 3.05) is 6.61 Å². The van der Waals surface area contributed by atoms with Crippen molar-refractivity contribution in [3.05, 3.63) is 39.4 Å². The minimum Gasteiger partial charge on any atom is -0.373 e. The molecule has 0 aliphatic carbocycles. The van der Waals surface area contributed by atoms with Crippen LogP contribution in [0.5, 0.6) is 0 Å². The van der Waals surface area contributed by atoms with Crippen LogP contribution in [-0.4, -0.2) is 40.3 Å². The number of hydrogen-bond acceptors (Lipinski definition) is 8. The molecule has 0 aromatic heterocycles. The van der Waals surface area contributed by atoms with Gasteiger partial charge in [0.2, 0.25) is 0 Å². The molecule has 11 heteroatoms. The molecule has 1 heterocycles. The average molecular weight is 446 g/mol. The Labute approximate surface area is 176 Å². The molecular weight excluding hydrogens is 415 g/mol. The van der Waals surface area contributed by atoms with Crippen molar-refractivity contribution in [1.29, 1.82) is 0 Å². The Morgan fingerprint density at radius 3 is 2.67 bits per heavy atom. The van der Waals surface area contributed by atoms with Crippen LogP contribution in [0.4, 0.5) is 5.69 Å². The third-order valence-electron chi connectivity index (χ3n) is 4.59. The molecule has 10 nitrogen and oxygen atoms in total. The number of nitro groups is 1. The van der Waals surface area contributed by atoms with Gasteiger partial charge < -0.3 is 20.1 Å². The lowest BCUT2D eigenvalue weighted by atomic mass is 10.0. The summed E-state index contributed by atoms with van der Waals surface area (Å²) in [5.74, 6) is 0. The van der Waals surface area contributed by atoms with Crippen molar-refractivity contribution in [2.24, 2.45) is 5.73 Å². The van der Waals surface area contributed by atoms with Crippen LogP contribution in [0.3, 0.4) is 0 Å². The van der Waals surface area contributed by atoms with E-state index in [1.807, 2.05) is 27.7 Å². The minimum atomic E-state index is -4.55. The standard InChI is InChI=1S/C19H31N2O8P/c1-12-8-17(18(27-12)11-26-19(3,4)5)29-30(24,25)28-13(2)15-9-14(10-20)6-7-16(15)21(22)23/h6-7,9,12-13,17-18H,8,10-11,20H2,1-5H3,(H,24,25)/t12-,13?,17?,18+/m0/s1. The van der Waals surface area contributed by atoms with Crippen LogP contribution in [0.1, 0.15) is 58.3 Å². The number of phosphoric ester groups is 1. The second-order valence-corrected chi connectivity index (χ2v) is 9.72. The molecule has 170 valence electrons. The molecule has 2 rings (SSSR count). The van der Waals surface area contributed by atoms with Gasteiger partial charge in [0.05, 0.1) is 34.9 Å². The molecule has 1 aromatic rings. The molecule has 0 bridgehead atoms. The molecule has 0 amide bonds. The summed E-state index contributed by atoms with van der Waals surface area (Å²) in [7, 11) is -4.55. The lowest BCUT2D eigenvalue weighted by Gasteiger charge is -2.26.